The van der Waals surface area contributed by atoms with E-state index in [-0.39, 0.29) is 4.75 Å². The molecule has 3 atom stereocenters. The molecule has 4 aliphatic rings. The Morgan fingerprint density at radius 2 is 1.86 bits per heavy atom. The van der Waals surface area contributed by atoms with Gasteiger partial charge in [0.05, 0.1) is 6.54 Å². The third-order valence-corrected chi connectivity index (χ3v) is 6.77. The summed E-state index contributed by atoms with van der Waals surface area (Å²) in [6, 6.07) is 0. The van der Waals surface area contributed by atoms with Crippen LogP contribution in [-0.2, 0) is 4.79 Å². The van der Waals surface area contributed by atoms with Crippen LogP contribution < -0.4 is 0 Å². The van der Waals surface area contributed by atoms with Crippen molar-refractivity contribution >= 4 is 22.8 Å². The first-order valence-electron chi connectivity index (χ1n) is 8.32. The predicted octanol–water partition coefficient (Wildman–Crippen LogP) is 2.06. The summed E-state index contributed by atoms with van der Waals surface area (Å²) in [5.41, 5.74) is 0. The molecule has 116 valence electrons. The number of carbonyl (C=O) groups is 1. The van der Waals surface area contributed by atoms with Gasteiger partial charge in [0.15, 0.2) is 5.17 Å². The molecule has 1 saturated heterocycles. The summed E-state index contributed by atoms with van der Waals surface area (Å²) < 4.78 is 0.244. The monoisotopic (exact) mass is 307 g/mol. The Labute approximate surface area is 131 Å². The summed E-state index contributed by atoms with van der Waals surface area (Å²) in [6.45, 7) is 9.09. The van der Waals surface area contributed by atoms with Gasteiger partial charge in [-0.2, -0.15) is 0 Å². The zero-order chi connectivity index (χ0) is 14.6. The van der Waals surface area contributed by atoms with Crippen molar-refractivity contribution in [1.82, 2.24) is 9.80 Å². The van der Waals surface area contributed by atoms with Crippen LogP contribution in [0.3, 0.4) is 0 Å². The second-order valence-electron chi connectivity index (χ2n) is 7.56. The van der Waals surface area contributed by atoms with Gasteiger partial charge in [0, 0.05) is 36.8 Å². The average Bonchev–Trinajstić information content (AvgIpc) is 2.82. The predicted molar refractivity (Wildman–Crippen MR) is 86.4 cm³/mol. The molecule has 2 heterocycles. The topological polar surface area (TPSA) is 35.9 Å². The smallest absolute Gasteiger partial charge is 0.226 e. The number of thioether (sulfide) groups is 1. The molecule has 1 unspecified atom stereocenters. The molecule has 4 rings (SSSR count). The zero-order valence-corrected chi connectivity index (χ0v) is 13.9. The van der Waals surface area contributed by atoms with Crippen molar-refractivity contribution in [2.24, 2.45) is 22.7 Å². The van der Waals surface area contributed by atoms with Crippen molar-refractivity contribution in [1.29, 1.82) is 0 Å². The van der Waals surface area contributed by atoms with E-state index in [0.29, 0.717) is 11.8 Å². The highest BCUT2D eigenvalue weighted by molar-refractivity contribution is 8.15. The van der Waals surface area contributed by atoms with Crippen LogP contribution in [0.4, 0.5) is 0 Å². The number of carbonyl (C=O) groups excluding carboxylic acids is 1. The highest BCUT2D eigenvalue weighted by Gasteiger charge is 2.57. The van der Waals surface area contributed by atoms with E-state index < -0.39 is 0 Å². The number of hydrogen-bond acceptors (Lipinski definition) is 4. The third-order valence-electron chi connectivity index (χ3n) is 5.52. The number of rotatable bonds is 1. The maximum absolute atomic E-state index is 12.6. The fourth-order valence-electron chi connectivity index (χ4n) is 4.25. The lowest BCUT2D eigenvalue weighted by molar-refractivity contribution is -0.134. The molecule has 2 saturated carbocycles. The molecule has 0 spiro atoms. The minimum Gasteiger partial charge on any atom is -0.348 e. The quantitative estimate of drug-likeness (QED) is 0.744. The van der Waals surface area contributed by atoms with E-state index in [0.717, 1.165) is 44.6 Å². The van der Waals surface area contributed by atoms with Crippen molar-refractivity contribution < 1.29 is 4.79 Å². The van der Waals surface area contributed by atoms with Crippen LogP contribution >= 0.6 is 11.8 Å². The van der Waals surface area contributed by atoms with Gasteiger partial charge in [-0.05, 0) is 38.5 Å². The standard InChI is InChI=1S/C16H25N3OS/c1-16(2)10-17-15(21-16)19-8-6-18(7-9-19)14(20)13-11-4-3-5-12(11)13/h11-13H,3-10H2,1-2H3/t11-,12+,13?. The second-order valence-corrected chi connectivity index (χ2v) is 9.23. The molecule has 3 fully saturated rings. The van der Waals surface area contributed by atoms with Crippen molar-refractivity contribution in [3.8, 4) is 0 Å². The van der Waals surface area contributed by atoms with Crippen LogP contribution in [0.5, 0.6) is 0 Å². The first kappa shape index (κ1) is 13.9. The zero-order valence-electron chi connectivity index (χ0n) is 13.0. The van der Waals surface area contributed by atoms with E-state index in [9.17, 15) is 4.79 Å². The summed E-state index contributed by atoms with van der Waals surface area (Å²) in [4.78, 5) is 21.7. The average molecular weight is 307 g/mol. The number of aliphatic imine (C=N–C) groups is 1. The van der Waals surface area contributed by atoms with Gasteiger partial charge < -0.3 is 9.80 Å². The molecule has 2 aliphatic carbocycles. The number of hydrogen-bond donors (Lipinski definition) is 0. The van der Waals surface area contributed by atoms with E-state index >= 15 is 0 Å². The van der Waals surface area contributed by atoms with Crippen LogP contribution in [0.25, 0.3) is 0 Å². The maximum Gasteiger partial charge on any atom is 0.226 e. The maximum atomic E-state index is 12.6. The highest BCUT2D eigenvalue weighted by atomic mass is 32.2. The number of piperazine rings is 1. The Morgan fingerprint density at radius 3 is 2.43 bits per heavy atom. The molecule has 0 aromatic carbocycles. The molecule has 0 radical (unpaired) electrons. The fraction of sp³-hybridized carbons (Fsp3) is 0.875. The van der Waals surface area contributed by atoms with Crippen molar-refractivity contribution in [2.45, 2.75) is 37.9 Å². The minimum atomic E-state index is 0.244. The molecular formula is C16H25N3OS. The first-order chi connectivity index (χ1) is 10.1. The molecule has 21 heavy (non-hydrogen) atoms. The number of amidine groups is 1. The van der Waals surface area contributed by atoms with Crippen molar-refractivity contribution in [3.63, 3.8) is 0 Å². The molecular weight excluding hydrogens is 282 g/mol. The lowest BCUT2D eigenvalue weighted by atomic mass is 10.1. The van der Waals surface area contributed by atoms with Gasteiger partial charge in [-0.1, -0.05) is 18.2 Å². The third kappa shape index (κ3) is 2.47. The van der Waals surface area contributed by atoms with E-state index in [1.165, 1.54) is 24.4 Å². The van der Waals surface area contributed by atoms with Gasteiger partial charge in [0.25, 0.3) is 0 Å². The lowest BCUT2D eigenvalue weighted by Gasteiger charge is -2.36. The Balaban J connectivity index is 1.30. The normalized spacial score (nSPS) is 37.4. The summed E-state index contributed by atoms with van der Waals surface area (Å²) in [5.74, 6) is 2.32. The van der Waals surface area contributed by atoms with Crippen LogP contribution in [0, 0.1) is 17.8 Å². The SMILES string of the molecule is CC1(C)CN=C(N2CCN(C(=O)C3[C@H]4CCC[C@@H]34)CC2)S1. The molecule has 2 aliphatic heterocycles. The fourth-order valence-corrected chi connectivity index (χ4v) is 5.32. The van der Waals surface area contributed by atoms with Gasteiger partial charge >= 0.3 is 0 Å². The number of fused-ring (bicyclic) bond motifs is 1. The number of amides is 1. The number of nitrogens with zero attached hydrogens (tertiary/aromatic N) is 3. The summed E-state index contributed by atoms with van der Waals surface area (Å²) >= 11 is 1.89. The van der Waals surface area contributed by atoms with Crippen LogP contribution in [-0.4, -0.2) is 58.3 Å². The Kier molecular flexibility index (Phi) is 3.25. The van der Waals surface area contributed by atoms with Gasteiger partial charge in [0.1, 0.15) is 0 Å². The summed E-state index contributed by atoms with van der Waals surface area (Å²) in [6.07, 6.45) is 3.94. The van der Waals surface area contributed by atoms with Gasteiger partial charge in [-0.3, -0.25) is 9.79 Å². The van der Waals surface area contributed by atoms with E-state index in [2.05, 4.69) is 28.6 Å². The highest BCUT2D eigenvalue weighted by Crippen LogP contribution is 2.58. The van der Waals surface area contributed by atoms with E-state index in [1.807, 2.05) is 11.8 Å². The van der Waals surface area contributed by atoms with Gasteiger partial charge in [-0.25, -0.2) is 0 Å². The second kappa shape index (κ2) is 4.90. The minimum absolute atomic E-state index is 0.244. The molecule has 0 bridgehead atoms. The van der Waals surface area contributed by atoms with Crippen molar-refractivity contribution in [2.75, 3.05) is 32.7 Å². The summed E-state index contributed by atoms with van der Waals surface area (Å²) in [5, 5.41) is 1.19. The van der Waals surface area contributed by atoms with Crippen LogP contribution in [0.2, 0.25) is 0 Å². The van der Waals surface area contributed by atoms with Crippen LogP contribution in [0.15, 0.2) is 4.99 Å². The van der Waals surface area contributed by atoms with Crippen molar-refractivity contribution in [3.05, 3.63) is 0 Å². The first-order valence-corrected chi connectivity index (χ1v) is 9.14. The molecule has 0 aromatic heterocycles. The molecule has 0 N–H and O–H groups in total. The molecule has 0 aromatic rings. The molecule has 4 nitrogen and oxygen atoms in total. The van der Waals surface area contributed by atoms with Gasteiger partial charge in [-0.15, -0.1) is 0 Å². The van der Waals surface area contributed by atoms with E-state index in [1.54, 1.807) is 0 Å². The molecule has 5 heteroatoms. The van der Waals surface area contributed by atoms with E-state index in [4.69, 9.17) is 0 Å². The van der Waals surface area contributed by atoms with Crippen LogP contribution in [0.1, 0.15) is 33.1 Å². The Bertz CT molecular complexity index is 472. The Morgan fingerprint density at radius 1 is 1.19 bits per heavy atom. The lowest BCUT2D eigenvalue weighted by Crippen LogP contribution is -2.50. The largest absolute Gasteiger partial charge is 0.348 e. The Hall–Kier alpha value is -0.710. The molecule has 1 amide bonds. The van der Waals surface area contributed by atoms with Gasteiger partial charge in [0.2, 0.25) is 5.91 Å². The summed E-state index contributed by atoms with van der Waals surface area (Å²) in [7, 11) is 0.